The molecule has 4 amide bonds. The highest BCUT2D eigenvalue weighted by Gasteiger charge is 2.50. The fourth-order valence-electron chi connectivity index (χ4n) is 12.3. The second-order valence-electron chi connectivity index (χ2n) is 25.5. The van der Waals surface area contributed by atoms with Gasteiger partial charge in [-0.2, -0.15) is 36.2 Å². The molecule has 0 aliphatic carbocycles. The number of amides is 4. The van der Waals surface area contributed by atoms with Gasteiger partial charge in [0.05, 0.1) is 74.5 Å². The lowest BCUT2D eigenvalue weighted by Gasteiger charge is -2.27. The average molecular weight is 1320 g/mol. The van der Waals surface area contributed by atoms with Gasteiger partial charge in [0, 0.05) is 79.1 Å². The number of carbonyl (C=O) groups is 6. The summed E-state index contributed by atoms with van der Waals surface area (Å²) in [7, 11) is 0.349. The van der Waals surface area contributed by atoms with E-state index in [0.29, 0.717) is 48.7 Å². The molecule has 0 saturated carbocycles. The Morgan fingerprint density at radius 1 is 0.562 bits per heavy atom. The predicted octanol–water partition coefficient (Wildman–Crippen LogP) is 13.7. The third kappa shape index (κ3) is 18.0. The summed E-state index contributed by atoms with van der Waals surface area (Å²) < 4.78 is 19.9. The molecule has 0 aromatic heterocycles. The van der Waals surface area contributed by atoms with Crippen molar-refractivity contribution in [1.29, 1.82) is 0 Å². The van der Waals surface area contributed by atoms with E-state index in [4.69, 9.17) is 14.2 Å². The van der Waals surface area contributed by atoms with Crippen LogP contribution in [0.3, 0.4) is 0 Å². The zero-order chi connectivity index (χ0) is 63.8. The van der Waals surface area contributed by atoms with E-state index in [1.54, 1.807) is 11.8 Å². The Kier molecular flexibility index (Phi) is 25.5. The first-order valence-electron chi connectivity index (χ1n) is 31.3. The van der Waals surface area contributed by atoms with Crippen LogP contribution in [-0.2, 0) is 51.0 Å². The van der Waals surface area contributed by atoms with Gasteiger partial charge in [0.1, 0.15) is 0 Å². The van der Waals surface area contributed by atoms with Crippen LogP contribution in [0.2, 0.25) is 51.4 Å². The van der Waals surface area contributed by atoms with Crippen LogP contribution in [0.4, 0.5) is 21.0 Å². The SMILES string of the molecule is COC(=O)CS.COC(=O)CSCCc1c2ccccc2c(N2C(=O)NC3C(CCCCC(=O)OCC[Si](C)(C)C)SCC32)c2ccccc12.C[Si](C)(C)CCOC(=O)CCCCC1SCC2C1NC(=O)N2c1c2ccccc2c(CCO)c2ccccc12. The monoisotopic (exact) mass is 1320 g/mol. The van der Waals surface area contributed by atoms with Crippen molar-refractivity contribution in [3.05, 3.63) is 108 Å². The summed E-state index contributed by atoms with van der Waals surface area (Å²) in [6, 6.07) is 35.5. The Balaban J connectivity index is 0.000000212. The highest BCUT2D eigenvalue weighted by molar-refractivity contribution is 8.00. The molecular formula is C68H90N4O11S4Si2. The van der Waals surface area contributed by atoms with E-state index in [9.17, 15) is 33.9 Å². The summed E-state index contributed by atoms with van der Waals surface area (Å²) in [5.74, 6) is 2.37. The number of aliphatic hydroxyl groups excluding tert-OH is 1. The van der Waals surface area contributed by atoms with Crippen molar-refractivity contribution < 1.29 is 52.8 Å². The number of aliphatic hydroxyl groups is 1. The number of fused-ring (bicyclic) bond motifs is 6. The zero-order valence-electron chi connectivity index (χ0n) is 52.9. The van der Waals surface area contributed by atoms with Crippen LogP contribution in [0, 0.1) is 0 Å². The zero-order valence-corrected chi connectivity index (χ0v) is 58.3. The number of ether oxygens (including phenoxy) is 4. The maximum atomic E-state index is 13.7. The highest BCUT2D eigenvalue weighted by atomic mass is 32.2. The number of anilines is 2. The lowest BCUT2D eigenvalue weighted by Crippen LogP contribution is -2.38. The molecule has 6 unspecified atom stereocenters. The Bertz CT molecular complexity index is 3340. The number of carbonyl (C=O) groups excluding carboxylic acids is 6. The number of rotatable bonds is 26. The molecular weight excluding hydrogens is 1230 g/mol. The van der Waals surface area contributed by atoms with Gasteiger partial charge in [0.2, 0.25) is 0 Å². The number of methoxy groups -OCH3 is 2. The van der Waals surface area contributed by atoms with Gasteiger partial charge in [-0.1, -0.05) is 149 Å². The van der Waals surface area contributed by atoms with Crippen molar-refractivity contribution in [3.63, 3.8) is 0 Å². The molecule has 4 aliphatic rings. The molecule has 480 valence electrons. The van der Waals surface area contributed by atoms with E-state index in [-0.39, 0.29) is 72.5 Å². The molecule has 4 fully saturated rings. The molecule has 15 nitrogen and oxygen atoms in total. The third-order valence-corrected chi connectivity index (χ3v) is 24.5. The molecule has 4 saturated heterocycles. The van der Waals surface area contributed by atoms with E-state index in [1.165, 1.54) is 19.8 Å². The lowest BCUT2D eigenvalue weighted by molar-refractivity contribution is -0.144. The standard InChI is InChI=1S/C34H44N2O5S2Si.C31H40N2O4SSi.C3H6O2S/c1-40-31(38)22-42-19-17-25-23-11-5-7-13-26(23)33(27-14-8-6-12-24(25)27)36-28-21-43-29(32(28)35-34(36)39)15-9-10-16-30(37)41-18-20-44(2,3)4;1-39(2,3)19-18-37-28(35)15-9-8-14-27-29-26(20-38-27)33(31(36)32-29)30-24-12-6-4-10-21(24)23(16-17-34)22-11-5-7-13-25(22)30;1-5-3(4)2-6/h5-8,11-14,28-29,32H,9-10,15-22H2,1-4H3,(H,35,39);4-7,10-13,26-27,29,34H,8-9,14-20H2,1-3H3,(H,32,36);6H,2H2,1H3. The number of urea groups is 2. The number of hydrogen-bond acceptors (Lipinski definition) is 15. The third-order valence-electron chi connectivity index (χ3n) is 16.9. The first-order chi connectivity index (χ1) is 42.8. The fourth-order valence-corrected chi connectivity index (χ4v) is 17.8. The molecule has 0 radical (unpaired) electrons. The van der Waals surface area contributed by atoms with E-state index in [1.807, 2.05) is 69.7 Å². The normalized spacial score (nSPS) is 19.5. The molecule has 4 aliphatic heterocycles. The minimum absolute atomic E-state index is 0.0343. The summed E-state index contributed by atoms with van der Waals surface area (Å²) >= 11 is 9.06. The van der Waals surface area contributed by atoms with Gasteiger partial charge in [-0.25, -0.2) is 9.59 Å². The van der Waals surface area contributed by atoms with Gasteiger partial charge in [0.25, 0.3) is 0 Å². The largest absolute Gasteiger partial charge is 0.468 e. The number of thioether (sulfide) groups is 3. The fraction of sp³-hybridized carbons (Fsp3) is 0.500. The van der Waals surface area contributed by atoms with E-state index in [0.717, 1.165) is 134 Å². The summed E-state index contributed by atoms with van der Waals surface area (Å²) in [4.78, 5) is 77.1. The quantitative estimate of drug-likeness (QED) is 0.00763. The van der Waals surface area contributed by atoms with Gasteiger partial charge in [0.15, 0.2) is 0 Å². The van der Waals surface area contributed by atoms with Crippen molar-refractivity contribution >= 4 is 154 Å². The van der Waals surface area contributed by atoms with Crippen molar-refractivity contribution in [2.45, 2.75) is 150 Å². The summed E-state index contributed by atoms with van der Waals surface area (Å²) in [5, 5.41) is 25.8. The van der Waals surface area contributed by atoms with Crippen molar-refractivity contribution in [3.8, 4) is 0 Å². The van der Waals surface area contributed by atoms with Crippen LogP contribution in [0.15, 0.2) is 97.1 Å². The molecule has 0 bridgehead atoms. The number of benzene rings is 6. The predicted molar refractivity (Wildman–Crippen MR) is 377 cm³/mol. The number of aryl methyl sites for hydroxylation is 1. The number of unbranched alkanes of at least 4 members (excludes halogenated alkanes) is 2. The summed E-state index contributed by atoms with van der Waals surface area (Å²) in [6.07, 6.45) is 7.76. The Hall–Kier alpha value is -5.43. The summed E-state index contributed by atoms with van der Waals surface area (Å²) in [6.45, 7) is 14.9. The Labute approximate surface area is 545 Å². The Morgan fingerprint density at radius 3 is 1.27 bits per heavy atom. The van der Waals surface area contributed by atoms with E-state index in [2.05, 4.69) is 128 Å². The highest BCUT2D eigenvalue weighted by Crippen LogP contribution is 2.47. The molecule has 3 N–H and O–H groups in total. The molecule has 21 heteroatoms. The van der Waals surface area contributed by atoms with Gasteiger partial charge in [-0.15, -0.1) is 11.8 Å². The van der Waals surface area contributed by atoms with Crippen LogP contribution < -0.4 is 20.4 Å². The summed E-state index contributed by atoms with van der Waals surface area (Å²) in [5.41, 5.74) is 4.32. The Morgan fingerprint density at radius 2 is 0.933 bits per heavy atom. The number of nitrogens with zero attached hydrogens (tertiary/aromatic N) is 2. The van der Waals surface area contributed by atoms with Crippen LogP contribution >= 0.6 is 47.9 Å². The number of hydrogen-bond donors (Lipinski definition) is 4. The first-order valence-corrected chi connectivity index (χ1v) is 42.6. The van der Waals surface area contributed by atoms with E-state index < -0.39 is 16.1 Å². The van der Waals surface area contributed by atoms with Crippen molar-refractivity contribution in [2.75, 3.05) is 72.6 Å². The van der Waals surface area contributed by atoms with Crippen LogP contribution in [-0.4, -0.2) is 155 Å². The van der Waals surface area contributed by atoms with Gasteiger partial charge in [-0.3, -0.25) is 29.0 Å². The molecule has 4 heterocycles. The van der Waals surface area contributed by atoms with Gasteiger partial charge >= 0.3 is 35.9 Å². The minimum atomic E-state index is -1.21. The van der Waals surface area contributed by atoms with Crippen molar-refractivity contribution in [2.24, 2.45) is 0 Å². The lowest BCUT2D eigenvalue weighted by atomic mass is 9.92. The second-order valence-corrected chi connectivity index (χ2v) is 40.8. The molecule has 10 rings (SSSR count). The van der Waals surface area contributed by atoms with Crippen LogP contribution in [0.1, 0.15) is 62.5 Å². The molecule has 6 atom stereocenters. The average Bonchev–Trinajstić information content (AvgIpc) is 1.72. The van der Waals surface area contributed by atoms with Gasteiger partial charge in [-0.05, 0) is 89.0 Å². The molecule has 6 aromatic rings. The second kappa shape index (κ2) is 32.7. The molecule has 6 aromatic carbocycles. The maximum Gasteiger partial charge on any atom is 0.322 e. The molecule has 0 spiro atoms. The maximum absolute atomic E-state index is 13.7. The smallest absolute Gasteiger partial charge is 0.322 e. The topological polar surface area (TPSA) is 190 Å². The molecule has 89 heavy (non-hydrogen) atoms. The van der Waals surface area contributed by atoms with Crippen LogP contribution in [0.25, 0.3) is 43.1 Å². The first kappa shape index (κ1) is 69.5. The minimum Gasteiger partial charge on any atom is -0.468 e. The number of esters is 4. The van der Waals surface area contributed by atoms with Crippen molar-refractivity contribution in [1.82, 2.24) is 10.6 Å². The van der Waals surface area contributed by atoms with Crippen LogP contribution in [0.5, 0.6) is 0 Å². The van der Waals surface area contributed by atoms with Gasteiger partial charge < -0.3 is 34.7 Å². The number of thiol groups is 1. The van der Waals surface area contributed by atoms with E-state index >= 15 is 0 Å². The number of nitrogens with one attached hydrogen (secondary N) is 2.